The van der Waals surface area contributed by atoms with E-state index in [0.29, 0.717) is 18.8 Å². The largest absolute Gasteiger partial charge is 0.467 e. The van der Waals surface area contributed by atoms with Gasteiger partial charge in [-0.15, -0.1) is 0 Å². The highest BCUT2D eigenvalue weighted by Gasteiger charge is 2.26. The second-order valence-corrected chi connectivity index (χ2v) is 8.34. The number of nitrogens with one attached hydrogen (secondary N) is 1. The number of carbonyl (C=O) groups is 2. The van der Waals surface area contributed by atoms with Crippen molar-refractivity contribution in [3.8, 4) is 0 Å². The van der Waals surface area contributed by atoms with E-state index in [0.717, 1.165) is 5.69 Å². The minimum absolute atomic E-state index is 0.00467. The van der Waals surface area contributed by atoms with Gasteiger partial charge in [0.05, 0.1) is 19.4 Å². The van der Waals surface area contributed by atoms with Gasteiger partial charge in [0.15, 0.2) is 0 Å². The minimum atomic E-state index is -0.371. The van der Waals surface area contributed by atoms with Crippen LogP contribution in [0.2, 0.25) is 0 Å². The molecule has 2 aromatic rings. The highest BCUT2D eigenvalue weighted by Crippen LogP contribution is 2.13. The summed E-state index contributed by atoms with van der Waals surface area (Å²) in [5, 5.41) is 2.94. The number of urea groups is 1. The van der Waals surface area contributed by atoms with Gasteiger partial charge in [-0.25, -0.2) is 4.79 Å². The molecule has 0 bridgehead atoms. The van der Waals surface area contributed by atoms with E-state index in [2.05, 4.69) is 5.32 Å². The van der Waals surface area contributed by atoms with Crippen LogP contribution in [0.15, 0.2) is 41.1 Å². The first-order valence-corrected chi connectivity index (χ1v) is 9.56. The average Bonchev–Trinajstić information content (AvgIpc) is 3.22. The van der Waals surface area contributed by atoms with Crippen molar-refractivity contribution in [1.82, 2.24) is 19.7 Å². The van der Waals surface area contributed by atoms with Crippen LogP contribution in [0.1, 0.15) is 46.1 Å². The first kappa shape index (κ1) is 21.6. The smallest absolute Gasteiger partial charge is 0.318 e. The molecule has 154 valence electrons. The topological polar surface area (TPSA) is 70.7 Å². The molecule has 0 aliphatic rings. The molecule has 0 unspecified atom stereocenters. The van der Waals surface area contributed by atoms with Crippen LogP contribution in [0.4, 0.5) is 4.79 Å². The van der Waals surface area contributed by atoms with Gasteiger partial charge in [-0.2, -0.15) is 0 Å². The van der Waals surface area contributed by atoms with Gasteiger partial charge < -0.3 is 24.1 Å². The molecule has 2 aromatic heterocycles. The lowest BCUT2D eigenvalue weighted by atomic mass is 10.1. The molecule has 2 rings (SSSR count). The molecule has 0 aromatic carbocycles. The van der Waals surface area contributed by atoms with Gasteiger partial charge in [-0.3, -0.25) is 4.79 Å². The Morgan fingerprint density at radius 1 is 1.18 bits per heavy atom. The fourth-order valence-electron chi connectivity index (χ4n) is 2.81. The molecule has 0 spiro atoms. The number of aromatic nitrogens is 1. The summed E-state index contributed by atoms with van der Waals surface area (Å²) in [6.07, 6.45) is 3.54. The molecule has 0 saturated carbocycles. The van der Waals surface area contributed by atoms with Crippen molar-refractivity contribution in [2.45, 2.75) is 59.3 Å². The monoisotopic (exact) mass is 388 g/mol. The maximum absolute atomic E-state index is 13.1. The van der Waals surface area contributed by atoms with Gasteiger partial charge in [-0.1, -0.05) is 0 Å². The highest BCUT2D eigenvalue weighted by molar-refractivity contribution is 5.84. The van der Waals surface area contributed by atoms with Crippen molar-refractivity contribution < 1.29 is 14.0 Å². The quantitative estimate of drug-likeness (QED) is 0.791. The molecule has 0 atom stereocenters. The van der Waals surface area contributed by atoms with Crippen molar-refractivity contribution in [2.24, 2.45) is 7.05 Å². The predicted octanol–water partition coefficient (Wildman–Crippen LogP) is 3.37. The van der Waals surface area contributed by atoms with E-state index in [1.54, 1.807) is 22.1 Å². The predicted molar refractivity (Wildman–Crippen MR) is 109 cm³/mol. The average molecular weight is 389 g/mol. The summed E-state index contributed by atoms with van der Waals surface area (Å²) in [5.74, 6) is 0.577. The third-order valence-corrected chi connectivity index (χ3v) is 4.36. The zero-order valence-corrected chi connectivity index (χ0v) is 17.7. The lowest BCUT2D eigenvalue weighted by molar-refractivity contribution is -0.133. The Morgan fingerprint density at radius 3 is 2.39 bits per heavy atom. The van der Waals surface area contributed by atoms with Crippen molar-refractivity contribution >= 4 is 11.9 Å². The number of amides is 3. The lowest BCUT2D eigenvalue weighted by Gasteiger charge is -2.32. The minimum Gasteiger partial charge on any atom is -0.467 e. The number of furan rings is 1. The number of rotatable bonds is 7. The third kappa shape index (κ3) is 6.18. The molecule has 3 amide bonds. The summed E-state index contributed by atoms with van der Waals surface area (Å²) in [5.41, 5.74) is 0.639. The van der Waals surface area contributed by atoms with Crippen molar-refractivity contribution in [1.29, 1.82) is 0 Å². The molecule has 0 aliphatic carbocycles. The summed E-state index contributed by atoms with van der Waals surface area (Å²) in [4.78, 5) is 29.1. The molecule has 7 nitrogen and oxygen atoms in total. The number of hydrogen-bond donors (Lipinski definition) is 1. The van der Waals surface area contributed by atoms with Gasteiger partial charge in [0.2, 0.25) is 5.91 Å². The molecular weight excluding hydrogens is 356 g/mol. The van der Waals surface area contributed by atoms with Crippen LogP contribution in [0.5, 0.6) is 0 Å². The Bertz CT molecular complexity index is 772. The van der Waals surface area contributed by atoms with Crippen molar-refractivity contribution in [2.75, 3.05) is 6.54 Å². The van der Waals surface area contributed by atoms with Crippen LogP contribution in [0.3, 0.4) is 0 Å². The van der Waals surface area contributed by atoms with Crippen molar-refractivity contribution in [3.63, 3.8) is 0 Å². The van der Waals surface area contributed by atoms with Crippen LogP contribution in [0, 0.1) is 0 Å². The zero-order valence-electron chi connectivity index (χ0n) is 17.7. The number of nitrogens with zero attached hydrogens (tertiary/aromatic N) is 3. The lowest BCUT2D eigenvalue weighted by Crippen LogP contribution is -2.53. The molecule has 7 heteroatoms. The summed E-state index contributed by atoms with van der Waals surface area (Å²) >= 11 is 0. The molecule has 2 heterocycles. The Balaban J connectivity index is 2.17. The molecule has 28 heavy (non-hydrogen) atoms. The van der Waals surface area contributed by atoms with E-state index in [1.807, 2.05) is 70.6 Å². The van der Waals surface area contributed by atoms with Gasteiger partial charge in [0.25, 0.3) is 0 Å². The zero-order chi connectivity index (χ0) is 20.9. The van der Waals surface area contributed by atoms with Gasteiger partial charge >= 0.3 is 6.03 Å². The van der Waals surface area contributed by atoms with E-state index in [1.165, 1.54) is 0 Å². The highest BCUT2D eigenvalue weighted by atomic mass is 16.3. The third-order valence-electron chi connectivity index (χ3n) is 4.36. The Morgan fingerprint density at radius 2 is 1.89 bits per heavy atom. The summed E-state index contributed by atoms with van der Waals surface area (Å²) in [7, 11) is 1.95. The Labute approximate surface area is 167 Å². The summed E-state index contributed by atoms with van der Waals surface area (Å²) < 4.78 is 7.42. The Kier molecular flexibility index (Phi) is 6.94. The second kappa shape index (κ2) is 8.99. The van der Waals surface area contributed by atoms with E-state index >= 15 is 0 Å². The van der Waals surface area contributed by atoms with Gasteiger partial charge in [-0.05, 0) is 58.9 Å². The molecule has 0 fully saturated rings. The Hall–Kier alpha value is -2.70. The number of hydrogen-bond acceptors (Lipinski definition) is 3. The van der Waals surface area contributed by atoms with Gasteiger partial charge in [0, 0.05) is 30.5 Å². The standard InChI is InChI=1S/C21H32N4O3/c1-16(2)25(20(27)22-21(3,4)5)15-19(26)24(14-18-10-8-12-28-18)13-17-9-7-11-23(17)6/h7-12,16H,13-15H2,1-6H3,(H,22,27). The van der Waals surface area contributed by atoms with Crippen LogP contribution >= 0.6 is 0 Å². The first-order chi connectivity index (χ1) is 13.1. The van der Waals surface area contributed by atoms with E-state index in [-0.39, 0.29) is 30.1 Å². The maximum Gasteiger partial charge on any atom is 0.318 e. The maximum atomic E-state index is 13.1. The van der Waals surface area contributed by atoms with E-state index < -0.39 is 0 Å². The van der Waals surface area contributed by atoms with Crippen LogP contribution in [0.25, 0.3) is 0 Å². The molecular formula is C21H32N4O3. The molecule has 1 N–H and O–H groups in total. The van der Waals surface area contributed by atoms with Crippen LogP contribution in [-0.4, -0.2) is 44.4 Å². The molecule has 0 aliphatic heterocycles. The fourth-order valence-corrected chi connectivity index (χ4v) is 2.81. The number of carbonyl (C=O) groups excluding carboxylic acids is 2. The van der Waals surface area contributed by atoms with E-state index in [4.69, 9.17) is 4.42 Å². The normalized spacial score (nSPS) is 11.5. The number of aryl methyl sites for hydroxylation is 1. The van der Waals surface area contributed by atoms with Gasteiger partial charge in [0.1, 0.15) is 12.3 Å². The molecule has 0 radical (unpaired) electrons. The van der Waals surface area contributed by atoms with E-state index in [9.17, 15) is 9.59 Å². The van der Waals surface area contributed by atoms with Crippen LogP contribution < -0.4 is 5.32 Å². The van der Waals surface area contributed by atoms with Crippen LogP contribution in [-0.2, 0) is 24.9 Å². The second-order valence-electron chi connectivity index (χ2n) is 8.34. The molecule has 0 saturated heterocycles. The SMILES string of the molecule is CC(C)N(CC(=O)N(Cc1ccco1)Cc1cccn1C)C(=O)NC(C)(C)C. The fraction of sp³-hybridized carbons (Fsp3) is 0.524. The first-order valence-electron chi connectivity index (χ1n) is 9.56. The van der Waals surface area contributed by atoms with Crippen molar-refractivity contribution in [3.05, 3.63) is 48.2 Å². The summed E-state index contributed by atoms with van der Waals surface area (Å²) in [6.45, 7) is 10.4. The summed E-state index contributed by atoms with van der Waals surface area (Å²) in [6, 6.07) is 7.23.